The van der Waals surface area contributed by atoms with Crippen molar-refractivity contribution < 1.29 is 19.2 Å². The topological polar surface area (TPSA) is 115 Å². The summed E-state index contributed by atoms with van der Waals surface area (Å²) in [6.07, 6.45) is 1.54. The fraction of sp³-hybridized carbons (Fsp3) is 0.154. The highest BCUT2D eigenvalue weighted by Gasteiger charge is 2.29. The second kappa shape index (κ2) is 6.01. The maximum atomic E-state index is 12.0. The van der Waals surface area contributed by atoms with E-state index in [0.29, 0.717) is 10.9 Å². The number of hydrogen-bond donors (Lipinski definition) is 1. The zero-order chi connectivity index (χ0) is 16.4. The molecule has 0 bridgehead atoms. The summed E-state index contributed by atoms with van der Waals surface area (Å²) in [7, 11) is 0. The van der Waals surface area contributed by atoms with Crippen molar-refractivity contribution in [1.29, 1.82) is 0 Å². The summed E-state index contributed by atoms with van der Waals surface area (Å²) in [6.45, 7) is -0.509. The average molecular weight is 334 g/mol. The third-order valence-corrected chi connectivity index (χ3v) is 3.77. The molecule has 3 rings (SSSR count). The number of nitro groups is 1. The van der Waals surface area contributed by atoms with Crippen LogP contribution in [0.25, 0.3) is 0 Å². The molecule has 0 saturated heterocycles. The van der Waals surface area contributed by atoms with Crippen LogP contribution < -0.4 is 15.0 Å². The zero-order valence-corrected chi connectivity index (χ0v) is 12.4. The van der Waals surface area contributed by atoms with Gasteiger partial charge < -0.3 is 10.1 Å². The van der Waals surface area contributed by atoms with Crippen molar-refractivity contribution in [2.75, 3.05) is 23.4 Å². The molecule has 0 radical (unpaired) electrons. The molecule has 10 heteroatoms. The second-order valence-corrected chi connectivity index (χ2v) is 5.46. The van der Waals surface area contributed by atoms with Crippen molar-refractivity contribution in [3.8, 4) is 5.75 Å². The number of non-ortho nitro benzene ring substituents is 1. The number of benzene rings is 1. The monoisotopic (exact) mass is 334 g/mol. The van der Waals surface area contributed by atoms with Gasteiger partial charge in [-0.3, -0.25) is 24.6 Å². The molecule has 1 N–H and O–H groups in total. The number of hydrogen-bond acceptors (Lipinski definition) is 7. The summed E-state index contributed by atoms with van der Waals surface area (Å²) < 4.78 is 5.23. The first-order valence-corrected chi connectivity index (χ1v) is 7.33. The van der Waals surface area contributed by atoms with Crippen LogP contribution in [0.4, 0.5) is 16.5 Å². The lowest BCUT2D eigenvalue weighted by Gasteiger charge is -2.28. The molecular formula is C13H10N4O5S. The van der Waals surface area contributed by atoms with Crippen molar-refractivity contribution in [3.63, 3.8) is 0 Å². The van der Waals surface area contributed by atoms with E-state index >= 15 is 0 Å². The Morgan fingerprint density at radius 1 is 1.52 bits per heavy atom. The van der Waals surface area contributed by atoms with Crippen molar-refractivity contribution >= 4 is 39.7 Å². The Bertz CT molecular complexity index is 777. The van der Waals surface area contributed by atoms with Crippen LogP contribution in [0.1, 0.15) is 0 Å². The first-order valence-electron chi connectivity index (χ1n) is 6.45. The lowest BCUT2D eigenvalue weighted by Crippen LogP contribution is -2.43. The number of thiazole rings is 1. The molecule has 0 aliphatic carbocycles. The van der Waals surface area contributed by atoms with E-state index in [0.717, 1.165) is 4.90 Å². The number of fused-ring (bicyclic) bond motifs is 1. The molecule has 0 unspecified atom stereocenters. The van der Waals surface area contributed by atoms with E-state index in [-0.39, 0.29) is 24.5 Å². The molecular weight excluding hydrogens is 324 g/mol. The van der Waals surface area contributed by atoms with Gasteiger partial charge >= 0.3 is 0 Å². The van der Waals surface area contributed by atoms with E-state index in [4.69, 9.17) is 4.74 Å². The molecule has 9 nitrogen and oxygen atoms in total. The summed E-state index contributed by atoms with van der Waals surface area (Å²) in [5, 5.41) is 15.6. The van der Waals surface area contributed by atoms with Crippen molar-refractivity contribution in [2.45, 2.75) is 0 Å². The fourth-order valence-electron chi connectivity index (χ4n) is 2.06. The maximum absolute atomic E-state index is 12.0. The third kappa shape index (κ3) is 3.11. The van der Waals surface area contributed by atoms with Crippen LogP contribution in [0.5, 0.6) is 5.75 Å². The molecule has 0 fully saturated rings. The number of carbonyl (C=O) groups excluding carboxylic acids is 2. The highest BCUT2D eigenvalue weighted by molar-refractivity contribution is 7.13. The normalized spacial score (nSPS) is 13.2. The summed E-state index contributed by atoms with van der Waals surface area (Å²) in [6, 6.07) is 3.90. The summed E-state index contributed by atoms with van der Waals surface area (Å²) >= 11 is 1.25. The lowest BCUT2D eigenvalue weighted by molar-refractivity contribution is -0.384. The molecule has 2 aromatic rings. The van der Waals surface area contributed by atoms with Crippen LogP contribution in [0.15, 0.2) is 29.8 Å². The lowest BCUT2D eigenvalue weighted by atomic mass is 10.2. The van der Waals surface area contributed by atoms with Gasteiger partial charge in [0, 0.05) is 23.7 Å². The zero-order valence-electron chi connectivity index (χ0n) is 11.6. The maximum Gasteiger partial charge on any atom is 0.271 e. The van der Waals surface area contributed by atoms with Gasteiger partial charge in [-0.2, -0.15) is 0 Å². The molecule has 1 aliphatic rings. The number of aromatic nitrogens is 1. The SMILES string of the molecule is O=C(CN1C(=O)COc2ccc([N+](=O)[O-])cc21)Nc1nccs1. The van der Waals surface area contributed by atoms with Crippen LogP contribution in [0, 0.1) is 10.1 Å². The van der Waals surface area contributed by atoms with Crippen LogP contribution in [0.2, 0.25) is 0 Å². The summed E-state index contributed by atoms with van der Waals surface area (Å²) in [5.41, 5.74) is 0.0112. The van der Waals surface area contributed by atoms with Gasteiger partial charge in [0.15, 0.2) is 11.7 Å². The van der Waals surface area contributed by atoms with Gasteiger partial charge in [-0.15, -0.1) is 11.3 Å². The van der Waals surface area contributed by atoms with Crippen molar-refractivity contribution in [2.24, 2.45) is 0 Å². The number of nitrogens with one attached hydrogen (secondary N) is 1. The molecule has 23 heavy (non-hydrogen) atoms. The van der Waals surface area contributed by atoms with Crippen LogP contribution >= 0.6 is 11.3 Å². The Hall–Kier alpha value is -3.01. The Morgan fingerprint density at radius 3 is 3.04 bits per heavy atom. The Labute approximate surface area is 133 Å². The van der Waals surface area contributed by atoms with Crippen molar-refractivity contribution in [3.05, 3.63) is 39.9 Å². The molecule has 2 heterocycles. The van der Waals surface area contributed by atoms with E-state index in [1.165, 1.54) is 29.5 Å². The minimum absolute atomic E-state index is 0.188. The van der Waals surface area contributed by atoms with Crippen LogP contribution in [-0.4, -0.2) is 34.9 Å². The van der Waals surface area contributed by atoms with Gasteiger partial charge in [0.2, 0.25) is 5.91 Å². The number of nitrogens with zero attached hydrogens (tertiary/aromatic N) is 3. The highest BCUT2D eigenvalue weighted by Crippen LogP contribution is 2.35. The second-order valence-electron chi connectivity index (χ2n) is 4.56. The molecule has 0 atom stereocenters. The number of anilines is 2. The van der Waals surface area contributed by atoms with E-state index in [2.05, 4.69) is 10.3 Å². The van der Waals surface area contributed by atoms with Crippen molar-refractivity contribution in [1.82, 2.24) is 4.98 Å². The van der Waals surface area contributed by atoms with Gasteiger partial charge in [0.1, 0.15) is 12.3 Å². The van der Waals surface area contributed by atoms with Crippen LogP contribution in [0.3, 0.4) is 0 Å². The highest BCUT2D eigenvalue weighted by atomic mass is 32.1. The smallest absolute Gasteiger partial charge is 0.271 e. The quantitative estimate of drug-likeness (QED) is 0.668. The standard InChI is InChI=1S/C13H10N4O5S/c18-11(15-13-14-3-4-23-13)6-16-9-5-8(17(20)21)1-2-10(9)22-7-12(16)19/h1-5H,6-7H2,(H,14,15,18). The number of ether oxygens (including phenoxy) is 1. The predicted molar refractivity (Wildman–Crippen MR) is 81.7 cm³/mol. The van der Waals surface area contributed by atoms with Gasteiger partial charge in [-0.1, -0.05) is 0 Å². The predicted octanol–water partition coefficient (Wildman–Crippen LogP) is 1.42. The number of carbonyl (C=O) groups is 2. The van der Waals surface area contributed by atoms with E-state index in [9.17, 15) is 19.7 Å². The van der Waals surface area contributed by atoms with Gasteiger partial charge in [-0.05, 0) is 6.07 Å². The third-order valence-electron chi connectivity index (χ3n) is 3.08. The summed E-state index contributed by atoms with van der Waals surface area (Å²) in [4.78, 5) is 39.4. The number of amides is 2. The fourth-order valence-corrected chi connectivity index (χ4v) is 2.61. The van der Waals surface area contributed by atoms with Gasteiger partial charge in [0.05, 0.1) is 10.6 Å². The van der Waals surface area contributed by atoms with Gasteiger partial charge in [0.25, 0.3) is 11.6 Å². The van der Waals surface area contributed by atoms with Gasteiger partial charge in [-0.25, -0.2) is 4.98 Å². The molecule has 0 spiro atoms. The molecule has 1 aromatic heterocycles. The molecule has 1 aliphatic heterocycles. The first kappa shape index (κ1) is 14.9. The number of rotatable bonds is 4. The minimum atomic E-state index is -0.576. The molecule has 2 amide bonds. The van der Waals surface area contributed by atoms with E-state index < -0.39 is 16.7 Å². The Kier molecular flexibility index (Phi) is 3.89. The average Bonchev–Trinajstić information content (AvgIpc) is 3.02. The largest absolute Gasteiger partial charge is 0.482 e. The molecule has 118 valence electrons. The summed E-state index contributed by atoms with van der Waals surface area (Å²) in [5.74, 6) is -0.586. The van der Waals surface area contributed by atoms with Crippen LogP contribution in [-0.2, 0) is 9.59 Å². The van der Waals surface area contributed by atoms with E-state index in [1.807, 2.05) is 0 Å². The van der Waals surface area contributed by atoms with E-state index in [1.54, 1.807) is 11.6 Å². The minimum Gasteiger partial charge on any atom is -0.482 e. The number of nitro benzene ring substituents is 1. The Balaban J connectivity index is 1.84. The molecule has 0 saturated carbocycles. The molecule has 1 aromatic carbocycles. The first-order chi connectivity index (χ1) is 11.0. The Morgan fingerprint density at radius 2 is 2.35 bits per heavy atom.